The second-order valence-electron chi connectivity index (χ2n) is 7.16. The molecule has 2 N–H and O–H groups in total. The summed E-state index contributed by atoms with van der Waals surface area (Å²) in [6, 6.07) is 14.0. The van der Waals surface area contributed by atoms with Gasteiger partial charge in [-0.15, -0.1) is 11.3 Å². The molecule has 6 heteroatoms. The molecule has 0 aliphatic carbocycles. The molecule has 3 heterocycles. The third-order valence-corrected chi connectivity index (χ3v) is 5.64. The van der Waals surface area contributed by atoms with Gasteiger partial charge in [-0.2, -0.15) is 0 Å². The Bertz CT molecular complexity index is 1180. The molecule has 0 unspecified atom stereocenters. The minimum absolute atomic E-state index is 0.0628. The van der Waals surface area contributed by atoms with Crippen molar-refractivity contribution in [3.05, 3.63) is 82.6 Å². The van der Waals surface area contributed by atoms with Gasteiger partial charge < -0.3 is 10.6 Å². The standard InChI is InChI=1S/C23H22N4OS/c1-14-7-18(12-24-11-14)23(28)27-19-6-4-5-17(9-19)16(3)26-20-10-22-21(25-13-20)8-15(2)29-22/h4-13,16,26H,1-3H3,(H,27,28)/t16-/m0/s1. The number of thiophene rings is 1. The number of aromatic nitrogens is 2. The van der Waals surface area contributed by atoms with Gasteiger partial charge in [-0.3, -0.25) is 14.8 Å². The molecule has 0 aliphatic heterocycles. The van der Waals surface area contributed by atoms with Gasteiger partial charge in [-0.05, 0) is 62.2 Å². The molecule has 1 aromatic carbocycles. The first-order valence-electron chi connectivity index (χ1n) is 9.43. The lowest BCUT2D eigenvalue weighted by molar-refractivity contribution is 0.102. The summed E-state index contributed by atoms with van der Waals surface area (Å²) < 4.78 is 1.17. The number of rotatable bonds is 5. The van der Waals surface area contributed by atoms with Gasteiger partial charge in [0.25, 0.3) is 5.91 Å². The molecule has 4 aromatic rings. The average molecular weight is 403 g/mol. The van der Waals surface area contributed by atoms with Gasteiger partial charge in [-0.25, -0.2) is 0 Å². The van der Waals surface area contributed by atoms with Gasteiger partial charge >= 0.3 is 0 Å². The molecule has 1 atom stereocenters. The van der Waals surface area contributed by atoms with Crippen molar-refractivity contribution in [3.63, 3.8) is 0 Å². The fraction of sp³-hybridized carbons (Fsp3) is 0.174. The molecule has 0 fully saturated rings. The quantitative estimate of drug-likeness (QED) is 0.447. The van der Waals surface area contributed by atoms with Crippen LogP contribution < -0.4 is 10.6 Å². The molecule has 29 heavy (non-hydrogen) atoms. The van der Waals surface area contributed by atoms with E-state index in [1.54, 1.807) is 23.7 Å². The van der Waals surface area contributed by atoms with E-state index in [9.17, 15) is 4.79 Å². The zero-order valence-electron chi connectivity index (χ0n) is 16.6. The monoisotopic (exact) mass is 402 g/mol. The van der Waals surface area contributed by atoms with Crippen LogP contribution in [0.15, 0.2) is 61.1 Å². The normalized spacial score (nSPS) is 12.0. The molecule has 5 nitrogen and oxygen atoms in total. The Morgan fingerprint density at radius 3 is 2.72 bits per heavy atom. The molecule has 0 saturated heterocycles. The smallest absolute Gasteiger partial charge is 0.257 e. The fourth-order valence-electron chi connectivity index (χ4n) is 3.22. The molecule has 0 saturated carbocycles. The molecule has 146 valence electrons. The maximum atomic E-state index is 12.5. The summed E-state index contributed by atoms with van der Waals surface area (Å²) in [7, 11) is 0. The van der Waals surface area contributed by atoms with Crippen LogP contribution in [0.5, 0.6) is 0 Å². The van der Waals surface area contributed by atoms with Crippen molar-refractivity contribution < 1.29 is 4.79 Å². The predicted octanol–water partition coefficient (Wildman–Crippen LogP) is 5.73. The minimum Gasteiger partial charge on any atom is -0.377 e. The lowest BCUT2D eigenvalue weighted by atomic mass is 10.1. The summed E-state index contributed by atoms with van der Waals surface area (Å²) in [5, 5.41) is 6.45. The van der Waals surface area contributed by atoms with Crippen LogP contribution in [0.1, 0.15) is 39.3 Å². The van der Waals surface area contributed by atoms with Crippen molar-refractivity contribution in [2.24, 2.45) is 0 Å². The van der Waals surface area contributed by atoms with E-state index in [1.807, 2.05) is 43.5 Å². The first-order chi connectivity index (χ1) is 14.0. The number of hydrogen-bond donors (Lipinski definition) is 2. The summed E-state index contributed by atoms with van der Waals surface area (Å²) in [5.41, 5.74) is 5.34. The van der Waals surface area contributed by atoms with Gasteiger partial charge in [-0.1, -0.05) is 12.1 Å². The van der Waals surface area contributed by atoms with Crippen LogP contribution in [0.25, 0.3) is 10.2 Å². The van der Waals surface area contributed by atoms with Gasteiger partial charge in [0.1, 0.15) is 0 Å². The van der Waals surface area contributed by atoms with Crippen LogP contribution in [0.3, 0.4) is 0 Å². The van der Waals surface area contributed by atoms with Crippen LogP contribution in [0.2, 0.25) is 0 Å². The topological polar surface area (TPSA) is 66.9 Å². The molecule has 0 spiro atoms. The van der Waals surface area contributed by atoms with E-state index in [1.165, 1.54) is 9.58 Å². The van der Waals surface area contributed by atoms with Crippen molar-refractivity contribution in [3.8, 4) is 0 Å². The molecular weight excluding hydrogens is 380 g/mol. The van der Waals surface area contributed by atoms with Crippen LogP contribution in [0, 0.1) is 13.8 Å². The number of benzene rings is 1. The van der Waals surface area contributed by atoms with E-state index in [2.05, 4.69) is 46.6 Å². The second kappa shape index (κ2) is 8.01. The maximum absolute atomic E-state index is 12.5. The molecule has 3 aromatic heterocycles. The maximum Gasteiger partial charge on any atom is 0.257 e. The second-order valence-corrected chi connectivity index (χ2v) is 8.45. The van der Waals surface area contributed by atoms with Crippen LogP contribution in [-0.4, -0.2) is 15.9 Å². The zero-order chi connectivity index (χ0) is 20.4. The highest BCUT2D eigenvalue weighted by molar-refractivity contribution is 7.18. The van der Waals surface area contributed by atoms with Gasteiger partial charge in [0.15, 0.2) is 0 Å². The summed E-state index contributed by atoms with van der Waals surface area (Å²) in [4.78, 5) is 22.4. The molecule has 1 amide bonds. The van der Waals surface area contributed by atoms with Gasteiger partial charge in [0, 0.05) is 29.0 Å². The van der Waals surface area contributed by atoms with Crippen LogP contribution in [-0.2, 0) is 0 Å². The highest BCUT2D eigenvalue weighted by Gasteiger charge is 2.11. The lowest BCUT2D eigenvalue weighted by Gasteiger charge is -2.17. The third-order valence-electron chi connectivity index (χ3n) is 4.66. The first-order valence-corrected chi connectivity index (χ1v) is 10.3. The number of anilines is 2. The van der Waals surface area contributed by atoms with Crippen LogP contribution >= 0.6 is 11.3 Å². The van der Waals surface area contributed by atoms with Crippen molar-refractivity contribution in [2.45, 2.75) is 26.8 Å². The van der Waals surface area contributed by atoms with E-state index in [4.69, 9.17) is 0 Å². The van der Waals surface area contributed by atoms with E-state index < -0.39 is 0 Å². The Hall–Kier alpha value is -3.25. The van der Waals surface area contributed by atoms with Crippen LogP contribution in [0.4, 0.5) is 11.4 Å². The number of aryl methyl sites for hydroxylation is 2. The fourth-order valence-corrected chi connectivity index (χ4v) is 4.14. The number of fused-ring (bicyclic) bond motifs is 1. The summed E-state index contributed by atoms with van der Waals surface area (Å²) in [6.07, 6.45) is 5.17. The minimum atomic E-state index is -0.165. The number of hydrogen-bond acceptors (Lipinski definition) is 5. The summed E-state index contributed by atoms with van der Waals surface area (Å²) >= 11 is 1.74. The Balaban J connectivity index is 1.48. The molecule has 4 rings (SSSR count). The van der Waals surface area contributed by atoms with E-state index in [0.29, 0.717) is 5.56 Å². The van der Waals surface area contributed by atoms with Crippen molar-refractivity contribution in [1.82, 2.24) is 9.97 Å². The Labute approximate surface area is 173 Å². The Kier molecular flexibility index (Phi) is 5.27. The number of nitrogens with one attached hydrogen (secondary N) is 2. The highest BCUT2D eigenvalue weighted by atomic mass is 32.1. The number of nitrogens with zero attached hydrogens (tertiary/aromatic N) is 2. The molecule has 0 aliphatic rings. The predicted molar refractivity (Wildman–Crippen MR) is 120 cm³/mol. The highest BCUT2D eigenvalue weighted by Crippen LogP contribution is 2.28. The summed E-state index contributed by atoms with van der Waals surface area (Å²) in [6.45, 7) is 6.10. The van der Waals surface area contributed by atoms with E-state index in [-0.39, 0.29) is 11.9 Å². The molecule has 0 bridgehead atoms. The molecule has 0 radical (unpaired) electrons. The van der Waals surface area contributed by atoms with Crippen molar-refractivity contribution in [1.29, 1.82) is 0 Å². The summed E-state index contributed by atoms with van der Waals surface area (Å²) in [5.74, 6) is -0.165. The lowest BCUT2D eigenvalue weighted by Crippen LogP contribution is -2.13. The van der Waals surface area contributed by atoms with Crippen molar-refractivity contribution >= 4 is 38.8 Å². The first kappa shape index (κ1) is 19.1. The largest absolute Gasteiger partial charge is 0.377 e. The SMILES string of the molecule is Cc1cncc(C(=O)Nc2cccc([C@H](C)Nc3cnc4cc(C)sc4c3)c2)c1. The van der Waals surface area contributed by atoms with Gasteiger partial charge in [0.2, 0.25) is 0 Å². The number of amides is 1. The number of carbonyl (C=O) groups excluding carboxylic acids is 1. The Morgan fingerprint density at radius 2 is 1.90 bits per heavy atom. The average Bonchev–Trinajstić information content (AvgIpc) is 3.07. The third kappa shape index (κ3) is 4.43. The zero-order valence-corrected chi connectivity index (χ0v) is 17.4. The number of carbonyl (C=O) groups is 1. The van der Waals surface area contributed by atoms with E-state index >= 15 is 0 Å². The Morgan fingerprint density at radius 1 is 1.03 bits per heavy atom. The van der Waals surface area contributed by atoms with E-state index in [0.717, 1.165) is 28.0 Å². The molecular formula is C23H22N4OS. The van der Waals surface area contributed by atoms with Crippen molar-refractivity contribution in [2.75, 3.05) is 10.6 Å². The number of pyridine rings is 2. The van der Waals surface area contributed by atoms with Gasteiger partial charge in [0.05, 0.1) is 27.7 Å².